The van der Waals surface area contributed by atoms with E-state index in [-0.39, 0.29) is 23.5 Å². The van der Waals surface area contributed by atoms with Gasteiger partial charge in [0.1, 0.15) is 5.75 Å². The second-order valence-corrected chi connectivity index (χ2v) is 3.64. The van der Waals surface area contributed by atoms with Gasteiger partial charge in [0.15, 0.2) is 0 Å². The first kappa shape index (κ1) is 14.2. The van der Waals surface area contributed by atoms with Gasteiger partial charge in [-0.15, -0.1) is 0 Å². The van der Waals surface area contributed by atoms with Gasteiger partial charge in [-0.1, -0.05) is 0 Å². The quantitative estimate of drug-likeness (QED) is 0.536. The summed E-state index contributed by atoms with van der Waals surface area (Å²) >= 11 is 0. The van der Waals surface area contributed by atoms with Crippen molar-refractivity contribution in [2.24, 2.45) is 0 Å². The number of anilines is 1. The number of alkyl halides is 2. The van der Waals surface area contributed by atoms with Crippen LogP contribution >= 0.6 is 0 Å². The lowest BCUT2D eigenvalue weighted by atomic mass is 10.1. The molecule has 100 valence electrons. The van der Waals surface area contributed by atoms with Gasteiger partial charge in [0, 0.05) is 12.2 Å². The summed E-state index contributed by atoms with van der Waals surface area (Å²) in [6.45, 7) is -1.45. The maximum Gasteiger partial charge on any atom is 0.256 e. The van der Waals surface area contributed by atoms with Crippen molar-refractivity contribution >= 4 is 11.6 Å². The average molecular weight is 260 g/mol. The molecule has 0 aliphatic carbocycles. The summed E-state index contributed by atoms with van der Waals surface area (Å²) in [4.78, 5) is 12.7. The maximum absolute atomic E-state index is 12.3. The van der Waals surface area contributed by atoms with E-state index in [1.54, 1.807) is 0 Å². The van der Waals surface area contributed by atoms with Gasteiger partial charge in [0.2, 0.25) is 0 Å². The van der Waals surface area contributed by atoms with E-state index in [4.69, 9.17) is 10.8 Å². The first-order valence-corrected chi connectivity index (χ1v) is 5.22. The Hall–Kier alpha value is -1.89. The van der Waals surface area contributed by atoms with Crippen LogP contribution in [0.25, 0.3) is 0 Å². The van der Waals surface area contributed by atoms with Crippen LogP contribution in [0.15, 0.2) is 18.2 Å². The molecule has 0 spiro atoms. The fourth-order valence-corrected chi connectivity index (χ4v) is 1.46. The zero-order chi connectivity index (χ0) is 13.7. The molecule has 0 unspecified atom stereocenters. The number of aromatic hydroxyl groups is 1. The zero-order valence-corrected chi connectivity index (χ0v) is 9.51. The molecule has 1 aromatic carbocycles. The molecular formula is C11H14F2N2O3. The Morgan fingerprint density at radius 1 is 1.44 bits per heavy atom. The van der Waals surface area contributed by atoms with Crippen molar-refractivity contribution in [3.63, 3.8) is 0 Å². The van der Waals surface area contributed by atoms with Gasteiger partial charge in [0.05, 0.1) is 18.7 Å². The molecule has 0 aliphatic heterocycles. The van der Waals surface area contributed by atoms with E-state index in [0.29, 0.717) is 0 Å². The Labute approximate surface area is 102 Å². The number of phenols is 1. The van der Waals surface area contributed by atoms with Gasteiger partial charge in [0.25, 0.3) is 12.3 Å². The number of carbonyl (C=O) groups excluding carboxylic acids is 1. The number of amides is 1. The van der Waals surface area contributed by atoms with Crippen LogP contribution in [-0.2, 0) is 0 Å². The number of benzene rings is 1. The molecule has 0 fully saturated rings. The number of hydrogen-bond donors (Lipinski definition) is 3. The molecule has 0 saturated carbocycles. The number of phenolic OH excluding ortho intramolecular Hbond substituents is 1. The molecule has 0 bridgehead atoms. The second-order valence-electron chi connectivity index (χ2n) is 3.64. The summed E-state index contributed by atoms with van der Waals surface area (Å²) in [7, 11) is 0. The predicted molar refractivity (Wildman–Crippen MR) is 61.5 cm³/mol. The lowest BCUT2D eigenvalue weighted by molar-refractivity contribution is 0.0510. The first-order chi connectivity index (χ1) is 8.45. The van der Waals surface area contributed by atoms with Gasteiger partial charge in [-0.3, -0.25) is 4.79 Å². The molecule has 0 aliphatic rings. The third-order valence-corrected chi connectivity index (χ3v) is 2.28. The Kier molecular flexibility index (Phi) is 4.85. The van der Waals surface area contributed by atoms with E-state index in [0.717, 1.165) is 11.0 Å². The van der Waals surface area contributed by atoms with E-state index in [2.05, 4.69) is 0 Å². The third kappa shape index (κ3) is 3.56. The van der Waals surface area contributed by atoms with Crippen LogP contribution in [0.1, 0.15) is 10.4 Å². The number of carbonyl (C=O) groups is 1. The summed E-state index contributed by atoms with van der Waals surface area (Å²) in [5, 5.41) is 18.0. The average Bonchev–Trinajstić information content (AvgIpc) is 2.30. The normalized spacial score (nSPS) is 10.7. The van der Waals surface area contributed by atoms with E-state index >= 15 is 0 Å². The van der Waals surface area contributed by atoms with E-state index in [9.17, 15) is 18.7 Å². The van der Waals surface area contributed by atoms with Crippen molar-refractivity contribution in [3.05, 3.63) is 23.8 Å². The van der Waals surface area contributed by atoms with Crippen molar-refractivity contribution in [1.82, 2.24) is 4.90 Å². The molecule has 7 heteroatoms. The van der Waals surface area contributed by atoms with Crippen LogP contribution in [0.2, 0.25) is 0 Å². The smallest absolute Gasteiger partial charge is 0.256 e. The standard InChI is InChI=1S/C11H14F2N2O3/c12-10(13)6-15(3-4-16)11(18)8-5-7(17)1-2-9(8)14/h1-2,5,10,16-17H,3-4,6,14H2. The molecule has 0 aromatic heterocycles. The van der Waals surface area contributed by atoms with Crippen LogP contribution in [0.4, 0.5) is 14.5 Å². The van der Waals surface area contributed by atoms with Crippen LogP contribution < -0.4 is 5.73 Å². The molecule has 0 saturated heterocycles. The Morgan fingerprint density at radius 3 is 2.67 bits per heavy atom. The van der Waals surface area contributed by atoms with E-state index in [1.807, 2.05) is 0 Å². The van der Waals surface area contributed by atoms with Crippen molar-refractivity contribution in [2.45, 2.75) is 6.43 Å². The number of nitrogens with zero attached hydrogens (tertiary/aromatic N) is 1. The monoisotopic (exact) mass is 260 g/mol. The van der Waals surface area contributed by atoms with Crippen molar-refractivity contribution < 1.29 is 23.8 Å². The van der Waals surface area contributed by atoms with Crippen LogP contribution in [0.3, 0.4) is 0 Å². The predicted octanol–water partition coefficient (Wildman–Crippen LogP) is 0.674. The SMILES string of the molecule is Nc1ccc(O)cc1C(=O)N(CCO)CC(F)F. The first-order valence-electron chi connectivity index (χ1n) is 5.22. The van der Waals surface area contributed by atoms with E-state index in [1.165, 1.54) is 12.1 Å². The minimum absolute atomic E-state index is 0.0656. The van der Waals surface area contributed by atoms with E-state index < -0.39 is 25.5 Å². The molecule has 4 N–H and O–H groups in total. The largest absolute Gasteiger partial charge is 0.508 e. The highest BCUT2D eigenvalue weighted by Crippen LogP contribution is 2.20. The highest BCUT2D eigenvalue weighted by molar-refractivity contribution is 5.99. The molecule has 0 heterocycles. The second kappa shape index (κ2) is 6.15. The fraction of sp³-hybridized carbons (Fsp3) is 0.364. The summed E-state index contributed by atoms with van der Waals surface area (Å²) in [6.07, 6.45) is -2.71. The number of nitrogens with two attached hydrogens (primary N) is 1. The lowest BCUT2D eigenvalue weighted by Crippen LogP contribution is -2.37. The molecule has 18 heavy (non-hydrogen) atoms. The highest BCUT2D eigenvalue weighted by atomic mass is 19.3. The van der Waals surface area contributed by atoms with Gasteiger partial charge < -0.3 is 20.8 Å². The Morgan fingerprint density at radius 2 is 2.11 bits per heavy atom. The molecule has 1 amide bonds. The molecule has 0 atom stereocenters. The summed E-state index contributed by atoms with van der Waals surface area (Å²) in [5.41, 5.74) is 5.56. The summed E-state index contributed by atoms with van der Waals surface area (Å²) in [5.74, 6) is -0.939. The van der Waals surface area contributed by atoms with Gasteiger partial charge in [-0.05, 0) is 18.2 Å². The van der Waals surface area contributed by atoms with Crippen molar-refractivity contribution in [1.29, 1.82) is 0 Å². The minimum Gasteiger partial charge on any atom is -0.508 e. The molecule has 1 aromatic rings. The highest BCUT2D eigenvalue weighted by Gasteiger charge is 2.21. The molecule has 0 radical (unpaired) electrons. The Balaban J connectivity index is 2.97. The van der Waals surface area contributed by atoms with Gasteiger partial charge in [-0.2, -0.15) is 0 Å². The topological polar surface area (TPSA) is 86.8 Å². The van der Waals surface area contributed by atoms with Crippen molar-refractivity contribution in [2.75, 3.05) is 25.4 Å². The third-order valence-electron chi connectivity index (χ3n) is 2.28. The van der Waals surface area contributed by atoms with Crippen molar-refractivity contribution in [3.8, 4) is 5.75 Å². The Bertz CT molecular complexity index is 427. The maximum atomic E-state index is 12.3. The number of aliphatic hydroxyl groups excluding tert-OH is 1. The van der Waals surface area contributed by atoms with Crippen LogP contribution in [0.5, 0.6) is 5.75 Å². The van der Waals surface area contributed by atoms with Gasteiger partial charge >= 0.3 is 0 Å². The molecular weight excluding hydrogens is 246 g/mol. The molecule has 5 nitrogen and oxygen atoms in total. The lowest BCUT2D eigenvalue weighted by Gasteiger charge is -2.22. The summed E-state index contributed by atoms with van der Waals surface area (Å²) in [6, 6.07) is 3.70. The van der Waals surface area contributed by atoms with Gasteiger partial charge in [-0.25, -0.2) is 8.78 Å². The summed E-state index contributed by atoms with van der Waals surface area (Å²) < 4.78 is 24.6. The van der Waals surface area contributed by atoms with Crippen LogP contribution in [-0.4, -0.2) is 47.1 Å². The minimum atomic E-state index is -2.71. The number of hydrogen-bond acceptors (Lipinski definition) is 4. The number of aliphatic hydroxyl groups is 1. The number of halogens is 2. The number of nitrogen functional groups attached to an aromatic ring is 1. The zero-order valence-electron chi connectivity index (χ0n) is 9.51. The molecule has 1 rings (SSSR count). The van der Waals surface area contributed by atoms with Crippen LogP contribution in [0, 0.1) is 0 Å². The fourth-order valence-electron chi connectivity index (χ4n) is 1.46. The number of rotatable bonds is 5.